The SMILES string of the molecule is O=c1[nH]c(Cl)c(-c2ccccc2)c(O)c1[N+](=O)[O-]. The van der Waals surface area contributed by atoms with Crippen molar-refractivity contribution in [3.63, 3.8) is 0 Å². The predicted molar refractivity (Wildman–Crippen MR) is 65.8 cm³/mol. The number of aromatic amines is 1. The lowest BCUT2D eigenvalue weighted by Crippen LogP contribution is -2.12. The fourth-order valence-electron chi connectivity index (χ4n) is 1.59. The molecule has 0 radical (unpaired) electrons. The van der Waals surface area contributed by atoms with Crippen molar-refractivity contribution in [2.45, 2.75) is 0 Å². The Morgan fingerprint density at radius 3 is 2.44 bits per heavy atom. The lowest BCUT2D eigenvalue weighted by molar-refractivity contribution is -0.387. The number of H-pyrrole nitrogens is 1. The van der Waals surface area contributed by atoms with Crippen LogP contribution in [0.2, 0.25) is 5.15 Å². The largest absolute Gasteiger partial charge is 0.501 e. The van der Waals surface area contributed by atoms with Crippen LogP contribution in [-0.4, -0.2) is 15.0 Å². The summed E-state index contributed by atoms with van der Waals surface area (Å²) in [5.41, 5.74) is -1.46. The van der Waals surface area contributed by atoms with E-state index < -0.39 is 21.9 Å². The van der Waals surface area contributed by atoms with Crippen LogP contribution in [0.1, 0.15) is 0 Å². The van der Waals surface area contributed by atoms with Gasteiger partial charge in [0.25, 0.3) is 0 Å². The molecule has 0 saturated heterocycles. The van der Waals surface area contributed by atoms with E-state index in [9.17, 15) is 20.0 Å². The van der Waals surface area contributed by atoms with E-state index in [4.69, 9.17) is 11.6 Å². The summed E-state index contributed by atoms with van der Waals surface area (Å²) in [6.07, 6.45) is 0. The minimum Gasteiger partial charge on any atom is -0.501 e. The van der Waals surface area contributed by atoms with E-state index in [1.807, 2.05) is 0 Å². The van der Waals surface area contributed by atoms with Crippen molar-refractivity contribution in [1.82, 2.24) is 4.98 Å². The number of hydrogen-bond donors (Lipinski definition) is 2. The van der Waals surface area contributed by atoms with Gasteiger partial charge in [-0.2, -0.15) is 0 Å². The van der Waals surface area contributed by atoms with Gasteiger partial charge in [0.05, 0.1) is 10.5 Å². The second-order valence-electron chi connectivity index (χ2n) is 3.46. The first-order valence-electron chi connectivity index (χ1n) is 4.87. The molecule has 0 amide bonds. The van der Waals surface area contributed by atoms with E-state index in [-0.39, 0.29) is 10.7 Å². The monoisotopic (exact) mass is 266 g/mol. The summed E-state index contributed by atoms with van der Waals surface area (Å²) in [4.78, 5) is 23.3. The Balaban J connectivity index is 2.81. The van der Waals surface area contributed by atoms with Crippen molar-refractivity contribution < 1.29 is 10.0 Å². The number of rotatable bonds is 2. The van der Waals surface area contributed by atoms with E-state index in [0.717, 1.165) is 0 Å². The van der Waals surface area contributed by atoms with Gasteiger partial charge in [0.2, 0.25) is 5.75 Å². The molecule has 0 aliphatic carbocycles. The Labute approximate surface area is 106 Å². The van der Waals surface area contributed by atoms with Crippen LogP contribution < -0.4 is 5.56 Å². The van der Waals surface area contributed by atoms with Gasteiger partial charge < -0.3 is 10.1 Å². The molecule has 0 atom stereocenters. The number of aromatic nitrogens is 1. The molecule has 1 heterocycles. The number of hydrogen-bond acceptors (Lipinski definition) is 4. The van der Waals surface area contributed by atoms with E-state index in [1.165, 1.54) is 0 Å². The average molecular weight is 267 g/mol. The highest BCUT2D eigenvalue weighted by atomic mass is 35.5. The minimum absolute atomic E-state index is 0.0311. The molecule has 2 N–H and O–H groups in total. The van der Waals surface area contributed by atoms with Crippen LogP contribution in [0.25, 0.3) is 11.1 Å². The predicted octanol–water partition coefficient (Wildman–Crippen LogP) is 2.31. The maximum absolute atomic E-state index is 11.3. The number of aromatic hydroxyl groups is 1. The number of nitro groups is 1. The third-order valence-electron chi connectivity index (χ3n) is 2.36. The molecular formula is C11H7ClN2O4. The molecule has 0 fully saturated rings. The number of halogens is 1. The Morgan fingerprint density at radius 1 is 1.28 bits per heavy atom. The van der Waals surface area contributed by atoms with Gasteiger partial charge in [-0.05, 0) is 5.56 Å². The topological polar surface area (TPSA) is 96.2 Å². The third-order valence-corrected chi connectivity index (χ3v) is 2.65. The quantitative estimate of drug-likeness (QED) is 0.495. The minimum atomic E-state index is -1.04. The van der Waals surface area contributed by atoms with E-state index in [1.54, 1.807) is 30.3 Å². The highest BCUT2D eigenvalue weighted by molar-refractivity contribution is 6.32. The number of nitrogens with zero attached hydrogens (tertiary/aromatic N) is 1. The fraction of sp³-hybridized carbons (Fsp3) is 0. The van der Waals surface area contributed by atoms with Crippen molar-refractivity contribution in [3.05, 3.63) is 56.0 Å². The zero-order valence-electron chi connectivity index (χ0n) is 8.88. The zero-order chi connectivity index (χ0) is 13.3. The molecular weight excluding hydrogens is 260 g/mol. The summed E-state index contributed by atoms with van der Waals surface area (Å²) < 4.78 is 0. The first-order chi connectivity index (χ1) is 8.52. The first-order valence-corrected chi connectivity index (χ1v) is 5.24. The van der Waals surface area contributed by atoms with Gasteiger partial charge in [0, 0.05) is 0 Å². The summed E-state index contributed by atoms with van der Waals surface area (Å²) in [7, 11) is 0. The van der Waals surface area contributed by atoms with E-state index in [0.29, 0.717) is 5.56 Å². The van der Waals surface area contributed by atoms with Gasteiger partial charge in [0.1, 0.15) is 5.15 Å². The Morgan fingerprint density at radius 2 is 1.89 bits per heavy atom. The van der Waals surface area contributed by atoms with E-state index in [2.05, 4.69) is 4.98 Å². The molecule has 2 aromatic rings. The maximum Gasteiger partial charge on any atom is 0.375 e. The summed E-state index contributed by atoms with van der Waals surface area (Å²) in [6, 6.07) is 8.34. The standard InChI is InChI=1S/C11H7ClN2O4/c12-10-7(6-4-2-1-3-5-6)9(15)8(14(17)18)11(16)13-10/h1-5H,(H2,13,15,16). The molecule has 1 aromatic heterocycles. The lowest BCUT2D eigenvalue weighted by Gasteiger charge is -2.06. The first kappa shape index (κ1) is 12.1. The summed E-state index contributed by atoms with van der Waals surface area (Å²) in [5.74, 6) is -0.736. The normalized spacial score (nSPS) is 10.3. The van der Waals surface area contributed by atoms with Crippen molar-refractivity contribution >= 4 is 17.3 Å². The second kappa shape index (κ2) is 4.50. The van der Waals surface area contributed by atoms with Crippen LogP contribution in [0.3, 0.4) is 0 Å². The van der Waals surface area contributed by atoms with Crippen LogP contribution in [0.15, 0.2) is 35.1 Å². The van der Waals surface area contributed by atoms with Crippen LogP contribution in [0.4, 0.5) is 5.69 Å². The van der Waals surface area contributed by atoms with Gasteiger partial charge in [-0.15, -0.1) is 0 Å². The number of nitrogens with one attached hydrogen (secondary N) is 1. The molecule has 92 valence electrons. The summed E-state index contributed by atoms with van der Waals surface area (Å²) in [6.45, 7) is 0. The van der Waals surface area contributed by atoms with Gasteiger partial charge in [0.15, 0.2) is 0 Å². The zero-order valence-corrected chi connectivity index (χ0v) is 9.64. The molecule has 2 rings (SSSR count). The molecule has 0 spiro atoms. The van der Waals surface area contributed by atoms with Crippen molar-refractivity contribution in [1.29, 1.82) is 0 Å². The van der Waals surface area contributed by atoms with Crippen LogP contribution in [-0.2, 0) is 0 Å². The molecule has 0 bridgehead atoms. The smallest absolute Gasteiger partial charge is 0.375 e. The third kappa shape index (κ3) is 1.93. The van der Waals surface area contributed by atoms with Crippen molar-refractivity contribution in [2.24, 2.45) is 0 Å². The molecule has 7 heteroatoms. The molecule has 6 nitrogen and oxygen atoms in total. The van der Waals surface area contributed by atoms with E-state index >= 15 is 0 Å². The molecule has 1 aromatic carbocycles. The summed E-state index contributed by atoms with van der Waals surface area (Å²) >= 11 is 5.81. The van der Waals surface area contributed by atoms with Gasteiger partial charge >= 0.3 is 11.2 Å². The second-order valence-corrected chi connectivity index (χ2v) is 3.84. The van der Waals surface area contributed by atoms with Crippen molar-refractivity contribution in [2.75, 3.05) is 0 Å². The number of benzene rings is 1. The highest BCUT2D eigenvalue weighted by Gasteiger charge is 2.25. The fourth-order valence-corrected chi connectivity index (χ4v) is 1.87. The molecule has 18 heavy (non-hydrogen) atoms. The lowest BCUT2D eigenvalue weighted by atomic mass is 10.1. The molecule has 0 saturated carbocycles. The summed E-state index contributed by atoms with van der Waals surface area (Å²) in [5, 5.41) is 20.4. The Bertz CT molecular complexity index is 667. The van der Waals surface area contributed by atoms with Crippen molar-refractivity contribution in [3.8, 4) is 16.9 Å². The van der Waals surface area contributed by atoms with Gasteiger partial charge in [-0.3, -0.25) is 14.9 Å². The van der Waals surface area contributed by atoms with Crippen LogP contribution in [0, 0.1) is 10.1 Å². The Kier molecular flexibility index (Phi) is 3.03. The Hall–Kier alpha value is -2.34. The average Bonchev–Trinajstić information content (AvgIpc) is 2.28. The molecule has 0 unspecified atom stereocenters. The van der Waals surface area contributed by atoms with Gasteiger partial charge in [-0.25, -0.2) is 0 Å². The van der Waals surface area contributed by atoms with Gasteiger partial charge in [-0.1, -0.05) is 41.9 Å². The highest BCUT2D eigenvalue weighted by Crippen LogP contribution is 2.38. The van der Waals surface area contributed by atoms with Crippen LogP contribution in [0.5, 0.6) is 5.75 Å². The molecule has 0 aliphatic heterocycles. The molecule has 0 aliphatic rings. The van der Waals surface area contributed by atoms with Crippen LogP contribution >= 0.6 is 11.6 Å². The number of pyridine rings is 1. The maximum atomic E-state index is 11.3.